The van der Waals surface area contributed by atoms with Crippen molar-refractivity contribution in [2.75, 3.05) is 23.3 Å². The van der Waals surface area contributed by atoms with Gasteiger partial charge in [-0.1, -0.05) is 12.1 Å². The monoisotopic (exact) mass is 491 g/mol. The van der Waals surface area contributed by atoms with Crippen molar-refractivity contribution >= 4 is 46.3 Å². The molecule has 0 bridgehead atoms. The number of H-pyrrole nitrogens is 1. The number of benzene rings is 1. The molecule has 174 valence electrons. The Labute approximate surface area is 206 Å². The van der Waals surface area contributed by atoms with Crippen LogP contribution < -0.4 is 10.2 Å². The van der Waals surface area contributed by atoms with Crippen LogP contribution in [-0.4, -0.2) is 44.0 Å². The maximum atomic E-state index is 12.7. The van der Waals surface area contributed by atoms with E-state index in [-0.39, 0.29) is 5.78 Å². The van der Waals surface area contributed by atoms with Crippen LogP contribution in [0.5, 0.6) is 0 Å². The fourth-order valence-corrected chi connectivity index (χ4v) is 5.30. The number of hydrogen-bond acceptors (Lipinski definition) is 9. The zero-order valence-corrected chi connectivity index (χ0v) is 20.9. The van der Waals surface area contributed by atoms with Gasteiger partial charge in [-0.15, -0.1) is 11.3 Å². The zero-order chi connectivity index (χ0) is 23.7. The molecule has 1 aliphatic heterocycles. The minimum atomic E-state index is 0.110. The number of aromatic nitrogens is 5. The number of aromatic amines is 1. The first-order valence-corrected chi connectivity index (χ1v) is 12.7. The van der Waals surface area contributed by atoms with Crippen LogP contribution in [0, 0.1) is 20.8 Å². The minimum absolute atomic E-state index is 0.110. The highest BCUT2D eigenvalue weighted by Gasteiger charge is 2.19. The zero-order valence-electron chi connectivity index (χ0n) is 19.3. The number of nitrogens with one attached hydrogen (secondary N) is 2. The van der Waals surface area contributed by atoms with E-state index in [0.717, 1.165) is 56.5 Å². The third-order valence-electron chi connectivity index (χ3n) is 5.49. The average molecular weight is 492 g/mol. The molecule has 3 aromatic heterocycles. The highest BCUT2D eigenvalue weighted by molar-refractivity contribution is 7.99. The van der Waals surface area contributed by atoms with Gasteiger partial charge in [-0.3, -0.25) is 9.89 Å². The largest absolute Gasteiger partial charge is 0.356 e. The molecule has 1 fully saturated rings. The van der Waals surface area contributed by atoms with Gasteiger partial charge in [0.05, 0.1) is 15.6 Å². The lowest BCUT2D eigenvalue weighted by atomic mass is 10.1. The van der Waals surface area contributed by atoms with Crippen LogP contribution >= 0.6 is 23.1 Å². The molecule has 0 spiro atoms. The van der Waals surface area contributed by atoms with Gasteiger partial charge in [0.1, 0.15) is 11.6 Å². The normalized spacial score (nSPS) is 13.1. The van der Waals surface area contributed by atoms with E-state index in [4.69, 9.17) is 9.97 Å². The van der Waals surface area contributed by atoms with E-state index in [1.165, 1.54) is 29.5 Å². The van der Waals surface area contributed by atoms with Crippen LogP contribution in [0.1, 0.15) is 38.1 Å². The Hall–Kier alpha value is -3.24. The van der Waals surface area contributed by atoms with Crippen molar-refractivity contribution in [3.8, 4) is 0 Å². The van der Waals surface area contributed by atoms with Crippen molar-refractivity contribution in [3.63, 3.8) is 0 Å². The average Bonchev–Trinajstić information content (AvgIpc) is 3.32. The molecular weight excluding hydrogens is 466 g/mol. The van der Waals surface area contributed by atoms with E-state index in [1.807, 2.05) is 57.2 Å². The number of Topliss-reactive ketones (excluding diaryl/α,β-unsaturated/α-hetero) is 1. The maximum absolute atomic E-state index is 12.7. The second-order valence-corrected chi connectivity index (χ2v) is 10.5. The molecule has 5 rings (SSSR count). The van der Waals surface area contributed by atoms with Crippen LogP contribution in [0.25, 0.3) is 0 Å². The Morgan fingerprint density at radius 2 is 1.88 bits per heavy atom. The summed E-state index contributed by atoms with van der Waals surface area (Å²) < 4.78 is 0. The molecule has 2 N–H and O–H groups in total. The van der Waals surface area contributed by atoms with Gasteiger partial charge in [-0.2, -0.15) is 5.10 Å². The smallest absolute Gasteiger partial charge is 0.196 e. The van der Waals surface area contributed by atoms with Crippen molar-refractivity contribution in [1.29, 1.82) is 0 Å². The molecule has 0 saturated carbocycles. The van der Waals surface area contributed by atoms with Gasteiger partial charge in [0, 0.05) is 42.2 Å². The second-order valence-electron chi connectivity index (χ2n) is 8.29. The number of ketones is 1. The highest BCUT2D eigenvalue weighted by Crippen LogP contribution is 2.30. The van der Waals surface area contributed by atoms with E-state index < -0.39 is 0 Å². The molecule has 0 atom stereocenters. The van der Waals surface area contributed by atoms with Crippen LogP contribution in [0.4, 0.5) is 17.5 Å². The van der Waals surface area contributed by atoms with E-state index in [2.05, 4.69) is 25.4 Å². The lowest BCUT2D eigenvalue weighted by Crippen LogP contribution is -2.37. The SMILES string of the molecule is Cc1cc(Nc2cc(N3CCC3)nc(Sc3ccc(CC(=O)c4sc(C)nc4C)cc3)n2)n[nH]1. The molecule has 1 aliphatic rings. The molecule has 1 saturated heterocycles. The molecule has 4 aromatic rings. The molecule has 0 aliphatic carbocycles. The number of thiazole rings is 1. The lowest BCUT2D eigenvalue weighted by molar-refractivity contribution is 0.0996. The summed E-state index contributed by atoms with van der Waals surface area (Å²) in [4.78, 5) is 30.5. The van der Waals surface area contributed by atoms with Crippen LogP contribution in [0.2, 0.25) is 0 Å². The number of carbonyl (C=O) groups excluding carboxylic acids is 1. The Morgan fingerprint density at radius 1 is 1.09 bits per heavy atom. The van der Waals surface area contributed by atoms with Gasteiger partial charge < -0.3 is 10.2 Å². The molecule has 0 radical (unpaired) electrons. The molecule has 10 heteroatoms. The fraction of sp³-hybridized carbons (Fsp3) is 0.292. The summed E-state index contributed by atoms with van der Waals surface area (Å²) in [6, 6.07) is 11.9. The Kier molecular flexibility index (Phi) is 6.34. The van der Waals surface area contributed by atoms with E-state index in [0.29, 0.717) is 17.4 Å². The standard InChI is InChI=1S/C24H25N7OS2/c1-14-11-21(30-29-14)26-20-13-22(31-9-4-10-31)28-24(27-20)34-18-7-5-17(6-8-18)12-19(32)23-15(2)25-16(3)33-23/h5-8,11,13H,4,9-10,12H2,1-3H3,(H2,26,27,28,29,30). The first-order valence-electron chi connectivity index (χ1n) is 11.1. The predicted molar refractivity (Wildman–Crippen MR) is 136 cm³/mol. The summed E-state index contributed by atoms with van der Waals surface area (Å²) >= 11 is 2.97. The van der Waals surface area contributed by atoms with Gasteiger partial charge in [0.2, 0.25) is 0 Å². The molecule has 0 amide bonds. The summed E-state index contributed by atoms with van der Waals surface area (Å²) in [5, 5.41) is 12.0. The van der Waals surface area contributed by atoms with Gasteiger partial charge in [0.25, 0.3) is 0 Å². The summed E-state index contributed by atoms with van der Waals surface area (Å²) in [6.45, 7) is 7.78. The Bertz CT molecular complexity index is 1330. The lowest BCUT2D eigenvalue weighted by Gasteiger charge is -2.32. The van der Waals surface area contributed by atoms with E-state index in [1.54, 1.807) is 0 Å². The first-order chi connectivity index (χ1) is 16.4. The summed E-state index contributed by atoms with van der Waals surface area (Å²) in [6.07, 6.45) is 1.54. The Morgan fingerprint density at radius 3 is 2.50 bits per heavy atom. The number of carbonyl (C=O) groups is 1. The van der Waals surface area contributed by atoms with Crippen molar-refractivity contribution in [2.24, 2.45) is 0 Å². The molecule has 8 nitrogen and oxygen atoms in total. The van der Waals surface area contributed by atoms with Gasteiger partial charge in [0.15, 0.2) is 16.8 Å². The van der Waals surface area contributed by atoms with Gasteiger partial charge in [-0.05, 0) is 56.7 Å². The van der Waals surface area contributed by atoms with Crippen LogP contribution in [-0.2, 0) is 6.42 Å². The maximum Gasteiger partial charge on any atom is 0.196 e. The summed E-state index contributed by atoms with van der Waals surface area (Å²) in [5.74, 6) is 2.46. The predicted octanol–water partition coefficient (Wildman–Crippen LogP) is 5.11. The molecule has 0 unspecified atom stereocenters. The molecular formula is C24H25N7OS2. The van der Waals surface area contributed by atoms with Crippen molar-refractivity contribution in [3.05, 3.63) is 63.2 Å². The van der Waals surface area contributed by atoms with Crippen molar-refractivity contribution in [1.82, 2.24) is 25.1 Å². The number of aryl methyl sites for hydroxylation is 3. The third kappa shape index (κ3) is 5.13. The molecule has 34 heavy (non-hydrogen) atoms. The topological polar surface area (TPSA) is 99.7 Å². The second kappa shape index (κ2) is 9.55. The number of hydrogen-bond donors (Lipinski definition) is 2. The molecule has 1 aromatic carbocycles. The molecule has 4 heterocycles. The highest BCUT2D eigenvalue weighted by atomic mass is 32.2. The first kappa shape index (κ1) is 22.5. The van der Waals surface area contributed by atoms with Crippen molar-refractivity contribution < 1.29 is 4.79 Å². The quantitative estimate of drug-likeness (QED) is 0.259. The number of nitrogens with zero attached hydrogens (tertiary/aromatic N) is 5. The number of anilines is 3. The minimum Gasteiger partial charge on any atom is -0.356 e. The van der Waals surface area contributed by atoms with E-state index >= 15 is 0 Å². The van der Waals surface area contributed by atoms with Crippen molar-refractivity contribution in [2.45, 2.75) is 43.7 Å². The van der Waals surface area contributed by atoms with Crippen LogP contribution in [0.3, 0.4) is 0 Å². The number of rotatable bonds is 8. The fourth-order valence-electron chi connectivity index (χ4n) is 3.68. The Balaban J connectivity index is 1.31. The summed E-state index contributed by atoms with van der Waals surface area (Å²) in [7, 11) is 0. The third-order valence-corrected chi connectivity index (χ3v) is 7.48. The van der Waals surface area contributed by atoms with Crippen LogP contribution in [0.15, 0.2) is 46.5 Å². The van der Waals surface area contributed by atoms with Gasteiger partial charge >= 0.3 is 0 Å². The van der Waals surface area contributed by atoms with Gasteiger partial charge in [-0.25, -0.2) is 15.0 Å². The van der Waals surface area contributed by atoms with E-state index in [9.17, 15) is 4.79 Å². The summed E-state index contributed by atoms with van der Waals surface area (Å²) in [5.41, 5.74) is 2.77.